The van der Waals surface area contributed by atoms with Crippen molar-refractivity contribution < 1.29 is 17.9 Å². The maximum Gasteiger partial charge on any atom is 0.271 e. The van der Waals surface area contributed by atoms with Crippen LogP contribution in [0.2, 0.25) is 0 Å². The van der Waals surface area contributed by atoms with Gasteiger partial charge in [0.15, 0.2) is 0 Å². The molecule has 0 saturated carbocycles. The molecule has 7 nitrogen and oxygen atoms in total. The van der Waals surface area contributed by atoms with Gasteiger partial charge in [-0.15, -0.1) is 0 Å². The van der Waals surface area contributed by atoms with Crippen molar-refractivity contribution in [1.29, 1.82) is 0 Å². The molecule has 0 saturated heterocycles. The summed E-state index contributed by atoms with van der Waals surface area (Å²) in [6.07, 6.45) is 1.56. The lowest BCUT2D eigenvalue weighted by atomic mass is 10.1. The van der Waals surface area contributed by atoms with Gasteiger partial charge in [0.2, 0.25) is 0 Å². The van der Waals surface area contributed by atoms with Crippen LogP contribution in [0.1, 0.15) is 27.0 Å². The van der Waals surface area contributed by atoms with Gasteiger partial charge in [-0.3, -0.25) is 9.10 Å². The van der Waals surface area contributed by atoms with Crippen molar-refractivity contribution in [3.8, 4) is 5.75 Å². The third kappa shape index (κ3) is 5.04. The second kappa shape index (κ2) is 10.7. The van der Waals surface area contributed by atoms with E-state index in [0.717, 1.165) is 33.2 Å². The van der Waals surface area contributed by atoms with Gasteiger partial charge in [-0.05, 0) is 70.6 Å². The van der Waals surface area contributed by atoms with Crippen LogP contribution in [0, 0.1) is 0 Å². The number of carbonyl (C=O) groups excluding carboxylic acids is 1. The lowest BCUT2D eigenvalue weighted by molar-refractivity contribution is 0.0955. The van der Waals surface area contributed by atoms with Crippen molar-refractivity contribution in [3.63, 3.8) is 0 Å². The number of benzene rings is 5. The van der Waals surface area contributed by atoms with E-state index in [4.69, 9.17) is 4.74 Å². The lowest BCUT2D eigenvalue weighted by Gasteiger charge is -2.19. The molecule has 0 aromatic heterocycles. The summed E-state index contributed by atoms with van der Waals surface area (Å²) in [7, 11) is -3.65. The van der Waals surface area contributed by atoms with Crippen LogP contribution in [0.4, 0.5) is 5.69 Å². The Labute approximate surface area is 232 Å². The standard InChI is InChI=1S/C32H25N3O4S/c36-32(34-33-20-23-14-18-28(19-15-23)39-22-25-6-2-1-3-7-25)27-16-12-24(13-17-27)21-35-29-10-4-8-26-9-5-11-30(31(26)29)40(35,37)38/h1-20H,21-22H2,(H,34,36)/b33-20-. The summed E-state index contributed by atoms with van der Waals surface area (Å²) in [5, 5.41) is 5.69. The number of nitrogens with one attached hydrogen (secondary N) is 1. The molecule has 40 heavy (non-hydrogen) atoms. The van der Waals surface area contributed by atoms with Gasteiger partial charge in [-0.1, -0.05) is 66.7 Å². The Kier molecular flexibility index (Phi) is 6.76. The predicted molar refractivity (Wildman–Crippen MR) is 156 cm³/mol. The summed E-state index contributed by atoms with van der Waals surface area (Å²) in [6, 6.07) is 35.1. The second-order valence-corrected chi connectivity index (χ2v) is 11.2. The van der Waals surface area contributed by atoms with Gasteiger partial charge >= 0.3 is 0 Å². The van der Waals surface area contributed by atoms with Crippen LogP contribution in [-0.4, -0.2) is 20.5 Å². The van der Waals surface area contributed by atoms with E-state index in [-0.39, 0.29) is 12.5 Å². The number of hydrogen-bond acceptors (Lipinski definition) is 5. The van der Waals surface area contributed by atoms with E-state index in [1.54, 1.807) is 42.6 Å². The molecule has 0 radical (unpaired) electrons. The summed E-state index contributed by atoms with van der Waals surface area (Å²) < 4.78 is 33.7. The number of anilines is 1. The fourth-order valence-electron chi connectivity index (χ4n) is 4.68. The molecule has 5 aromatic carbocycles. The number of ether oxygens (including phenoxy) is 1. The summed E-state index contributed by atoms with van der Waals surface area (Å²) >= 11 is 0. The van der Waals surface area contributed by atoms with Crippen LogP contribution in [0.25, 0.3) is 10.8 Å². The highest BCUT2D eigenvalue weighted by Gasteiger charge is 2.35. The average Bonchev–Trinajstić information content (AvgIpc) is 3.20. The Bertz CT molecular complexity index is 1810. The van der Waals surface area contributed by atoms with Gasteiger partial charge in [-0.25, -0.2) is 13.8 Å². The zero-order chi connectivity index (χ0) is 27.5. The van der Waals surface area contributed by atoms with Crippen LogP contribution in [0.5, 0.6) is 5.75 Å². The van der Waals surface area contributed by atoms with E-state index >= 15 is 0 Å². The number of nitrogens with zero attached hydrogens (tertiary/aromatic N) is 2. The zero-order valence-corrected chi connectivity index (χ0v) is 22.2. The van der Waals surface area contributed by atoms with Gasteiger partial charge in [0.1, 0.15) is 12.4 Å². The monoisotopic (exact) mass is 547 g/mol. The molecule has 0 aliphatic carbocycles. The molecule has 8 heteroatoms. The highest BCUT2D eigenvalue weighted by molar-refractivity contribution is 7.93. The summed E-state index contributed by atoms with van der Waals surface area (Å²) in [6.45, 7) is 0.655. The molecule has 1 aliphatic heterocycles. The largest absolute Gasteiger partial charge is 0.489 e. The Hall–Kier alpha value is -4.95. The molecule has 0 atom stereocenters. The first-order valence-electron chi connectivity index (χ1n) is 12.7. The summed E-state index contributed by atoms with van der Waals surface area (Å²) in [5.74, 6) is 0.379. The Morgan fingerprint density at radius 1 is 0.800 bits per heavy atom. The van der Waals surface area contributed by atoms with Gasteiger partial charge in [0.05, 0.1) is 23.3 Å². The number of hydrazone groups is 1. The lowest BCUT2D eigenvalue weighted by Crippen LogP contribution is -2.26. The fraction of sp³-hybridized carbons (Fsp3) is 0.0625. The average molecular weight is 548 g/mol. The number of carbonyl (C=O) groups is 1. The van der Waals surface area contributed by atoms with E-state index in [0.29, 0.717) is 22.8 Å². The van der Waals surface area contributed by atoms with Crippen LogP contribution in [0.15, 0.2) is 125 Å². The van der Waals surface area contributed by atoms with Crippen molar-refractivity contribution >= 4 is 38.6 Å². The third-order valence-corrected chi connectivity index (χ3v) is 8.53. The molecule has 1 heterocycles. The maximum atomic E-state index is 13.2. The molecule has 0 spiro atoms. The maximum absolute atomic E-state index is 13.2. The molecule has 1 amide bonds. The van der Waals surface area contributed by atoms with E-state index in [1.807, 2.05) is 78.9 Å². The molecule has 6 rings (SSSR count). The molecule has 5 aromatic rings. The smallest absolute Gasteiger partial charge is 0.271 e. The minimum absolute atomic E-state index is 0.168. The number of hydrogen-bond donors (Lipinski definition) is 1. The van der Waals surface area contributed by atoms with Crippen molar-refractivity contribution in [2.24, 2.45) is 5.10 Å². The van der Waals surface area contributed by atoms with E-state index in [9.17, 15) is 13.2 Å². The number of amides is 1. The first-order valence-corrected chi connectivity index (χ1v) is 14.2. The molecule has 1 N–H and O–H groups in total. The predicted octanol–water partition coefficient (Wildman–Crippen LogP) is 5.89. The molecule has 1 aliphatic rings. The summed E-state index contributed by atoms with van der Waals surface area (Å²) in [4.78, 5) is 12.9. The molecular formula is C32H25N3O4S. The fourth-order valence-corrected chi connectivity index (χ4v) is 6.38. The van der Waals surface area contributed by atoms with Crippen molar-refractivity contribution in [2.45, 2.75) is 18.0 Å². The number of rotatable bonds is 8. The van der Waals surface area contributed by atoms with E-state index in [1.165, 1.54) is 4.31 Å². The third-order valence-electron chi connectivity index (χ3n) is 6.73. The highest BCUT2D eigenvalue weighted by atomic mass is 32.2. The van der Waals surface area contributed by atoms with Crippen LogP contribution in [0.3, 0.4) is 0 Å². The molecule has 0 fully saturated rings. The second-order valence-electron chi connectivity index (χ2n) is 9.38. The SMILES string of the molecule is O=C(N/N=C\c1ccc(OCc2ccccc2)cc1)c1ccc(CN2c3cccc4cccc(c34)S2(=O)=O)cc1. The highest BCUT2D eigenvalue weighted by Crippen LogP contribution is 2.42. The molecule has 0 bridgehead atoms. The van der Waals surface area contributed by atoms with Crippen molar-refractivity contribution in [2.75, 3.05) is 4.31 Å². The van der Waals surface area contributed by atoms with Crippen molar-refractivity contribution in [1.82, 2.24) is 5.43 Å². The Balaban J connectivity index is 1.06. The minimum atomic E-state index is -3.65. The van der Waals surface area contributed by atoms with Crippen molar-refractivity contribution in [3.05, 3.63) is 138 Å². The van der Waals surface area contributed by atoms with Gasteiger partial charge in [0.25, 0.3) is 15.9 Å². The summed E-state index contributed by atoms with van der Waals surface area (Å²) in [5.41, 5.74) is 6.28. The quantitative estimate of drug-likeness (QED) is 0.194. The minimum Gasteiger partial charge on any atom is -0.489 e. The Morgan fingerprint density at radius 2 is 1.52 bits per heavy atom. The van der Waals surface area contributed by atoms with Gasteiger partial charge in [0, 0.05) is 10.9 Å². The first kappa shape index (κ1) is 25.3. The molecule has 0 unspecified atom stereocenters. The topological polar surface area (TPSA) is 88.1 Å². The van der Waals surface area contributed by atoms with Crippen LogP contribution in [-0.2, 0) is 23.2 Å². The molecule has 198 valence electrons. The van der Waals surface area contributed by atoms with Crippen LogP contribution < -0.4 is 14.5 Å². The zero-order valence-electron chi connectivity index (χ0n) is 21.4. The van der Waals surface area contributed by atoms with Crippen LogP contribution >= 0.6 is 0 Å². The normalized spacial score (nSPS) is 13.6. The van der Waals surface area contributed by atoms with Gasteiger partial charge < -0.3 is 4.74 Å². The molecular weight excluding hydrogens is 522 g/mol. The van der Waals surface area contributed by atoms with E-state index < -0.39 is 10.0 Å². The van der Waals surface area contributed by atoms with E-state index in [2.05, 4.69) is 10.5 Å². The Morgan fingerprint density at radius 3 is 2.27 bits per heavy atom. The number of sulfonamides is 1. The van der Waals surface area contributed by atoms with Gasteiger partial charge in [-0.2, -0.15) is 5.10 Å². The first-order chi connectivity index (χ1) is 19.5.